The van der Waals surface area contributed by atoms with E-state index in [-0.39, 0.29) is 11.9 Å². The van der Waals surface area contributed by atoms with Crippen LogP contribution in [0.2, 0.25) is 0 Å². The summed E-state index contributed by atoms with van der Waals surface area (Å²) in [5, 5.41) is 11.8. The number of nitrogens with one attached hydrogen (secondary N) is 1. The third-order valence-corrected chi connectivity index (χ3v) is 3.53. The summed E-state index contributed by atoms with van der Waals surface area (Å²) in [6, 6.07) is 0.201. The first kappa shape index (κ1) is 11.2. The zero-order valence-corrected chi connectivity index (χ0v) is 9.48. The molecule has 0 aromatic rings. The maximum absolute atomic E-state index is 11.7. The number of carbonyl (C=O) groups excluding carboxylic acids is 1. The van der Waals surface area contributed by atoms with Gasteiger partial charge in [0.15, 0.2) is 0 Å². The van der Waals surface area contributed by atoms with Crippen LogP contribution in [-0.2, 0) is 4.79 Å². The van der Waals surface area contributed by atoms with Crippen LogP contribution in [0.4, 0.5) is 4.79 Å². The lowest BCUT2D eigenvalue weighted by Gasteiger charge is -2.34. The van der Waals surface area contributed by atoms with Gasteiger partial charge in [-0.3, -0.25) is 4.79 Å². The van der Waals surface area contributed by atoms with Gasteiger partial charge in [-0.2, -0.15) is 0 Å². The van der Waals surface area contributed by atoms with Crippen LogP contribution in [0.1, 0.15) is 26.2 Å². The molecule has 0 radical (unpaired) electrons. The number of carboxylic acids is 1. The van der Waals surface area contributed by atoms with E-state index in [0.717, 1.165) is 12.8 Å². The lowest BCUT2D eigenvalue weighted by atomic mass is 9.82. The Morgan fingerprint density at radius 1 is 1.38 bits per heavy atom. The highest BCUT2D eigenvalue weighted by atomic mass is 16.4. The molecule has 5 heteroatoms. The van der Waals surface area contributed by atoms with Crippen molar-refractivity contribution >= 4 is 12.0 Å². The number of nitrogens with zero attached hydrogens (tertiary/aromatic N) is 1. The van der Waals surface area contributed by atoms with E-state index in [9.17, 15) is 9.59 Å². The van der Waals surface area contributed by atoms with Crippen molar-refractivity contribution in [3.05, 3.63) is 0 Å². The van der Waals surface area contributed by atoms with Crippen LogP contribution < -0.4 is 5.32 Å². The SMILES string of the molecule is CC1CC(NC(=O)N2CCC(C(=O)O)C2)C1. The van der Waals surface area contributed by atoms with Gasteiger partial charge in [0.1, 0.15) is 0 Å². The summed E-state index contributed by atoms with van der Waals surface area (Å²) in [7, 11) is 0. The smallest absolute Gasteiger partial charge is 0.317 e. The van der Waals surface area contributed by atoms with Gasteiger partial charge >= 0.3 is 12.0 Å². The second kappa shape index (κ2) is 4.31. The average molecular weight is 226 g/mol. The van der Waals surface area contributed by atoms with Crippen LogP contribution in [0.3, 0.4) is 0 Å². The number of aliphatic carboxylic acids is 1. The predicted octanol–water partition coefficient (Wildman–Crippen LogP) is 0.901. The van der Waals surface area contributed by atoms with Gasteiger partial charge in [-0.25, -0.2) is 4.79 Å². The minimum Gasteiger partial charge on any atom is -0.481 e. The van der Waals surface area contributed by atoms with Crippen molar-refractivity contribution in [1.29, 1.82) is 0 Å². The monoisotopic (exact) mass is 226 g/mol. The molecule has 0 spiro atoms. The number of likely N-dealkylation sites (tertiary alicyclic amines) is 1. The van der Waals surface area contributed by atoms with Crippen LogP contribution in [-0.4, -0.2) is 41.1 Å². The second-order valence-electron chi connectivity index (χ2n) is 4.99. The summed E-state index contributed by atoms with van der Waals surface area (Å²) >= 11 is 0. The fraction of sp³-hybridized carbons (Fsp3) is 0.818. The summed E-state index contributed by atoms with van der Waals surface area (Å²) in [4.78, 5) is 24.1. The Hall–Kier alpha value is -1.26. The maximum atomic E-state index is 11.7. The molecule has 1 saturated carbocycles. The number of rotatable bonds is 2. The van der Waals surface area contributed by atoms with Crippen molar-refractivity contribution in [2.24, 2.45) is 11.8 Å². The fourth-order valence-corrected chi connectivity index (χ4v) is 2.43. The van der Waals surface area contributed by atoms with E-state index in [1.54, 1.807) is 4.90 Å². The Labute approximate surface area is 94.8 Å². The topological polar surface area (TPSA) is 69.6 Å². The van der Waals surface area contributed by atoms with E-state index >= 15 is 0 Å². The molecule has 1 atom stereocenters. The molecule has 2 aliphatic rings. The first-order valence-corrected chi connectivity index (χ1v) is 5.84. The highest BCUT2D eigenvalue weighted by Gasteiger charge is 2.33. The Bertz CT molecular complexity index is 300. The van der Waals surface area contributed by atoms with E-state index in [4.69, 9.17) is 5.11 Å². The normalized spacial score (nSPS) is 33.3. The molecule has 0 bridgehead atoms. The Morgan fingerprint density at radius 3 is 2.56 bits per heavy atom. The molecule has 0 aromatic carbocycles. The van der Waals surface area contributed by atoms with E-state index in [0.29, 0.717) is 31.5 Å². The zero-order chi connectivity index (χ0) is 11.7. The standard InChI is InChI=1S/C11H18N2O3/c1-7-4-9(5-7)12-11(16)13-3-2-8(6-13)10(14)15/h7-9H,2-6H2,1H3,(H,12,16)(H,14,15). The van der Waals surface area contributed by atoms with Crippen molar-refractivity contribution in [3.8, 4) is 0 Å². The summed E-state index contributed by atoms with van der Waals surface area (Å²) in [6.07, 6.45) is 2.66. The molecule has 2 N–H and O–H groups in total. The average Bonchev–Trinajstić information content (AvgIpc) is 2.63. The Morgan fingerprint density at radius 2 is 2.06 bits per heavy atom. The molecule has 2 fully saturated rings. The van der Waals surface area contributed by atoms with Crippen LogP contribution in [0.15, 0.2) is 0 Å². The Kier molecular flexibility index (Phi) is 3.03. The van der Waals surface area contributed by atoms with Crippen molar-refractivity contribution in [1.82, 2.24) is 10.2 Å². The molecule has 1 heterocycles. The van der Waals surface area contributed by atoms with Gasteiger partial charge in [-0.05, 0) is 25.2 Å². The number of amides is 2. The lowest BCUT2D eigenvalue weighted by Crippen LogP contribution is -2.48. The first-order chi connectivity index (χ1) is 7.56. The van der Waals surface area contributed by atoms with Crippen molar-refractivity contribution < 1.29 is 14.7 Å². The number of carboxylic acid groups (broad SMARTS) is 1. The third-order valence-electron chi connectivity index (χ3n) is 3.53. The van der Waals surface area contributed by atoms with Crippen LogP contribution >= 0.6 is 0 Å². The third kappa shape index (κ3) is 2.28. The minimum absolute atomic E-state index is 0.0966. The largest absolute Gasteiger partial charge is 0.481 e. The molecular formula is C11H18N2O3. The van der Waals surface area contributed by atoms with Gasteiger partial charge in [0.05, 0.1) is 5.92 Å². The van der Waals surface area contributed by atoms with E-state index in [1.807, 2.05) is 0 Å². The fourth-order valence-electron chi connectivity index (χ4n) is 2.43. The molecular weight excluding hydrogens is 208 g/mol. The molecule has 2 rings (SSSR count). The van der Waals surface area contributed by atoms with E-state index < -0.39 is 5.97 Å². The highest BCUT2D eigenvalue weighted by Crippen LogP contribution is 2.26. The van der Waals surface area contributed by atoms with Crippen LogP contribution in [0, 0.1) is 11.8 Å². The summed E-state index contributed by atoms with van der Waals surface area (Å²) < 4.78 is 0. The Balaban J connectivity index is 1.76. The molecule has 2 amide bonds. The van der Waals surface area contributed by atoms with Crippen LogP contribution in [0.25, 0.3) is 0 Å². The molecule has 1 aliphatic heterocycles. The molecule has 5 nitrogen and oxygen atoms in total. The van der Waals surface area contributed by atoms with Crippen LogP contribution in [0.5, 0.6) is 0 Å². The van der Waals surface area contributed by atoms with Gasteiger partial charge in [-0.15, -0.1) is 0 Å². The quantitative estimate of drug-likeness (QED) is 0.735. The zero-order valence-electron chi connectivity index (χ0n) is 9.48. The van der Waals surface area contributed by atoms with Gasteiger partial charge in [0.2, 0.25) is 0 Å². The molecule has 90 valence electrons. The van der Waals surface area contributed by atoms with Crippen molar-refractivity contribution in [3.63, 3.8) is 0 Å². The van der Waals surface area contributed by atoms with Crippen molar-refractivity contribution in [2.75, 3.05) is 13.1 Å². The molecule has 0 aromatic heterocycles. The lowest BCUT2D eigenvalue weighted by molar-refractivity contribution is -0.141. The summed E-state index contributed by atoms with van der Waals surface area (Å²) in [5.74, 6) is -0.478. The summed E-state index contributed by atoms with van der Waals surface area (Å²) in [6.45, 7) is 3.08. The molecule has 1 aliphatic carbocycles. The maximum Gasteiger partial charge on any atom is 0.317 e. The predicted molar refractivity (Wildman–Crippen MR) is 58.0 cm³/mol. The van der Waals surface area contributed by atoms with Gasteiger partial charge in [0.25, 0.3) is 0 Å². The second-order valence-corrected chi connectivity index (χ2v) is 4.99. The minimum atomic E-state index is -0.799. The number of urea groups is 1. The van der Waals surface area contributed by atoms with Gasteiger partial charge in [-0.1, -0.05) is 6.92 Å². The molecule has 1 saturated heterocycles. The van der Waals surface area contributed by atoms with E-state index in [2.05, 4.69) is 12.2 Å². The number of hydrogen-bond donors (Lipinski definition) is 2. The first-order valence-electron chi connectivity index (χ1n) is 5.84. The molecule has 1 unspecified atom stereocenters. The molecule has 16 heavy (non-hydrogen) atoms. The number of carbonyl (C=O) groups is 2. The van der Waals surface area contributed by atoms with E-state index in [1.165, 1.54) is 0 Å². The van der Waals surface area contributed by atoms with Gasteiger partial charge in [0, 0.05) is 19.1 Å². The summed E-state index contributed by atoms with van der Waals surface area (Å²) in [5.41, 5.74) is 0. The number of hydrogen-bond acceptors (Lipinski definition) is 2. The van der Waals surface area contributed by atoms with Gasteiger partial charge < -0.3 is 15.3 Å². The van der Waals surface area contributed by atoms with Crippen molar-refractivity contribution in [2.45, 2.75) is 32.2 Å². The highest BCUT2D eigenvalue weighted by molar-refractivity contribution is 5.77.